The van der Waals surface area contributed by atoms with Crippen molar-refractivity contribution in [1.82, 2.24) is 9.97 Å². The van der Waals surface area contributed by atoms with E-state index in [1.54, 1.807) is 0 Å². The van der Waals surface area contributed by atoms with Gasteiger partial charge in [-0.2, -0.15) is 4.98 Å². The Hall–Kier alpha value is -1.32. The second-order valence-electron chi connectivity index (χ2n) is 6.06. The lowest BCUT2D eigenvalue weighted by atomic mass is 10.0. The van der Waals surface area contributed by atoms with E-state index in [9.17, 15) is 0 Å². The maximum Gasteiger partial charge on any atom is 0.227 e. The molecule has 1 atom stereocenters. The number of nitrogens with zero attached hydrogens (tertiary/aromatic N) is 3. The third-order valence-corrected chi connectivity index (χ3v) is 4.29. The van der Waals surface area contributed by atoms with Gasteiger partial charge in [-0.1, -0.05) is 19.8 Å². The van der Waals surface area contributed by atoms with Gasteiger partial charge in [0.15, 0.2) is 0 Å². The zero-order valence-corrected chi connectivity index (χ0v) is 11.8. The van der Waals surface area contributed by atoms with Gasteiger partial charge in [-0.25, -0.2) is 4.98 Å². The molecule has 104 valence electrons. The molecule has 0 spiro atoms. The molecule has 1 aliphatic heterocycles. The van der Waals surface area contributed by atoms with Gasteiger partial charge in [0.2, 0.25) is 5.95 Å². The molecular formula is C15H24N4. The predicted octanol–water partition coefficient (Wildman–Crippen LogP) is 3.07. The van der Waals surface area contributed by atoms with Gasteiger partial charge in [-0.05, 0) is 37.7 Å². The van der Waals surface area contributed by atoms with Crippen LogP contribution in [0.5, 0.6) is 0 Å². The Morgan fingerprint density at radius 1 is 1.21 bits per heavy atom. The second-order valence-corrected chi connectivity index (χ2v) is 6.06. The molecule has 4 nitrogen and oxygen atoms in total. The minimum Gasteiger partial charge on any atom is -0.367 e. The van der Waals surface area contributed by atoms with Gasteiger partial charge in [0.05, 0.1) is 0 Å². The molecule has 1 aromatic rings. The Kier molecular flexibility index (Phi) is 3.85. The first-order chi connectivity index (χ1) is 9.31. The summed E-state index contributed by atoms with van der Waals surface area (Å²) in [6.45, 7) is 4.50. The van der Waals surface area contributed by atoms with Crippen molar-refractivity contribution in [3.8, 4) is 0 Å². The number of hydrogen-bond donors (Lipinski definition) is 1. The summed E-state index contributed by atoms with van der Waals surface area (Å²) in [5.41, 5.74) is 0. The van der Waals surface area contributed by atoms with Crippen molar-refractivity contribution in [3.05, 3.63) is 12.3 Å². The molecule has 2 fully saturated rings. The summed E-state index contributed by atoms with van der Waals surface area (Å²) in [7, 11) is 0. The maximum absolute atomic E-state index is 4.70. The molecule has 1 unspecified atom stereocenters. The molecule has 19 heavy (non-hydrogen) atoms. The SMILES string of the molecule is CC1CCCN(c2nccc(NC3CCCC3)n2)C1. The van der Waals surface area contributed by atoms with Gasteiger partial charge in [0.1, 0.15) is 5.82 Å². The molecule has 0 bridgehead atoms. The zero-order chi connectivity index (χ0) is 13.1. The van der Waals surface area contributed by atoms with Crippen LogP contribution in [0, 0.1) is 5.92 Å². The van der Waals surface area contributed by atoms with Crippen LogP contribution in [-0.2, 0) is 0 Å². The third kappa shape index (κ3) is 3.17. The number of anilines is 2. The lowest BCUT2D eigenvalue weighted by Crippen LogP contribution is -2.35. The molecule has 4 heteroatoms. The molecular weight excluding hydrogens is 236 g/mol. The van der Waals surface area contributed by atoms with E-state index in [1.807, 2.05) is 12.3 Å². The quantitative estimate of drug-likeness (QED) is 0.907. The van der Waals surface area contributed by atoms with Gasteiger partial charge in [0.25, 0.3) is 0 Å². The fraction of sp³-hybridized carbons (Fsp3) is 0.733. The Labute approximate surface area is 115 Å². The monoisotopic (exact) mass is 260 g/mol. The van der Waals surface area contributed by atoms with Crippen molar-refractivity contribution in [2.45, 2.75) is 51.5 Å². The van der Waals surface area contributed by atoms with Crippen molar-refractivity contribution in [2.24, 2.45) is 5.92 Å². The van der Waals surface area contributed by atoms with Crippen molar-refractivity contribution < 1.29 is 0 Å². The van der Waals surface area contributed by atoms with E-state index in [2.05, 4.69) is 22.1 Å². The fourth-order valence-electron chi connectivity index (χ4n) is 3.23. The van der Waals surface area contributed by atoms with Gasteiger partial charge < -0.3 is 10.2 Å². The van der Waals surface area contributed by atoms with Crippen LogP contribution in [0.4, 0.5) is 11.8 Å². The van der Waals surface area contributed by atoms with Crippen LogP contribution in [0.25, 0.3) is 0 Å². The standard InChI is InChI=1S/C15H24N4/c1-12-5-4-10-19(11-12)15-16-9-8-14(18-15)17-13-6-2-3-7-13/h8-9,12-13H,2-7,10-11H2,1H3,(H,16,17,18). The topological polar surface area (TPSA) is 41.1 Å². The van der Waals surface area contributed by atoms with E-state index in [1.165, 1.54) is 38.5 Å². The molecule has 1 N–H and O–H groups in total. The second kappa shape index (κ2) is 5.76. The summed E-state index contributed by atoms with van der Waals surface area (Å²) in [4.78, 5) is 11.5. The van der Waals surface area contributed by atoms with E-state index >= 15 is 0 Å². The molecule has 2 heterocycles. The number of aromatic nitrogens is 2. The van der Waals surface area contributed by atoms with E-state index in [4.69, 9.17) is 4.98 Å². The Morgan fingerprint density at radius 2 is 2.05 bits per heavy atom. The minimum atomic E-state index is 0.614. The lowest BCUT2D eigenvalue weighted by Gasteiger charge is -2.31. The first kappa shape index (κ1) is 12.7. The Bertz CT molecular complexity index is 414. The molecule has 0 radical (unpaired) electrons. The summed E-state index contributed by atoms with van der Waals surface area (Å²) in [6, 6.07) is 2.61. The summed E-state index contributed by atoms with van der Waals surface area (Å²) in [6.07, 6.45) is 9.72. The first-order valence-corrected chi connectivity index (χ1v) is 7.66. The van der Waals surface area contributed by atoms with E-state index in [0.29, 0.717) is 6.04 Å². The number of hydrogen-bond acceptors (Lipinski definition) is 4. The fourth-order valence-corrected chi connectivity index (χ4v) is 3.23. The normalized spacial score (nSPS) is 24.7. The Morgan fingerprint density at radius 3 is 2.84 bits per heavy atom. The van der Waals surface area contributed by atoms with Crippen LogP contribution in [0.15, 0.2) is 12.3 Å². The van der Waals surface area contributed by atoms with Crippen LogP contribution in [0.2, 0.25) is 0 Å². The summed E-state index contributed by atoms with van der Waals surface area (Å²) in [5, 5.41) is 3.55. The van der Waals surface area contributed by atoms with Gasteiger partial charge in [0, 0.05) is 25.3 Å². The molecule has 1 saturated heterocycles. The third-order valence-electron chi connectivity index (χ3n) is 4.29. The average molecular weight is 260 g/mol. The van der Waals surface area contributed by atoms with E-state index < -0.39 is 0 Å². The smallest absolute Gasteiger partial charge is 0.227 e. The van der Waals surface area contributed by atoms with Gasteiger partial charge in [-0.3, -0.25) is 0 Å². The molecule has 0 amide bonds. The predicted molar refractivity (Wildman–Crippen MR) is 78.5 cm³/mol. The number of nitrogens with one attached hydrogen (secondary N) is 1. The van der Waals surface area contributed by atoms with Crippen molar-refractivity contribution in [2.75, 3.05) is 23.3 Å². The minimum absolute atomic E-state index is 0.614. The van der Waals surface area contributed by atoms with Crippen LogP contribution in [-0.4, -0.2) is 29.1 Å². The summed E-state index contributed by atoms with van der Waals surface area (Å²) < 4.78 is 0. The van der Waals surface area contributed by atoms with Crippen LogP contribution in [0.3, 0.4) is 0 Å². The molecule has 1 aliphatic carbocycles. The summed E-state index contributed by atoms with van der Waals surface area (Å²) in [5.74, 6) is 2.65. The van der Waals surface area contributed by atoms with Crippen LogP contribution >= 0.6 is 0 Å². The van der Waals surface area contributed by atoms with Gasteiger partial charge >= 0.3 is 0 Å². The average Bonchev–Trinajstić information content (AvgIpc) is 2.92. The summed E-state index contributed by atoms with van der Waals surface area (Å²) >= 11 is 0. The molecule has 2 aliphatic rings. The van der Waals surface area contributed by atoms with Crippen molar-refractivity contribution in [3.63, 3.8) is 0 Å². The maximum atomic E-state index is 4.70. The largest absolute Gasteiger partial charge is 0.367 e. The molecule has 1 aromatic heterocycles. The highest BCUT2D eigenvalue weighted by Gasteiger charge is 2.19. The number of piperidine rings is 1. The van der Waals surface area contributed by atoms with Crippen molar-refractivity contribution >= 4 is 11.8 Å². The molecule has 0 aromatic carbocycles. The van der Waals surface area contributed by atoms with Crippen molar-refractivity contribution in [1.29, 1.82) is 0 Å². The highest BCUT2D eigenvalue weighted by molar-refractivity contribution is 5.42. The van der Waals surface area contributed by atoms with Gasteiger partial charge in [-0.15, -0.1) is 0 Å². The number of rotatable bonds is 3. The molecule has 1 saturated carbocycles. The lowest BCUT2D eigenvalue weighted by molar-refractivity contribution is 0.442. The van der Waals surface area contributed by atoms with E-state index in [0.717, 1.165) is 30.8 Å². The van der Waals surface area contributed by atoms with Crippen LogP contribution < -0.4 is 10.2 Å². The zero-order valence-electron chi connectivity index (χ0n) is 11.8. The first-order valence-electron chi connectivity index (χ1n) is 7.66. The highest BCUT2D eigenvalue weighted by Crippen LogP contribution is 2.23. The van der Waals surface area contributed by atoms with Crippen LogP contribution in [0.1, 0.15) is 45.4 Å². The highest BCUT2D eigenvalue weighted by atomic mass is 15.3. The molecule has 3 rings (SSSR count). The van der Waals surface area contributed by atoms with E-state index in [-0.39, 0.29) is 0 Å². The Balaban J connectivity index is 1.68.